The number of carboxylic acids is 1. The molecule has 1 amide bonds. The van der Waals surface area contributed by atoms with E-state index in [-0.39, 0.29) is 28.4 Å². The van der Waals surface area contributed by atoms with Gasteiger partial charge in [-0.3, -0.25) is 4.79 Å². The molecule has 0 aliphatic heterocycles. The molecule has 0 saturated heterocycles. The van der Waals surface area contributed by atoms with Gasteiger partial charge in [-0.2, -0.15) is 5.10 Å². The van der Waals surface area contributed by atoms with Crippen LogP contribution in [0.1, 0.15) is 44.8 Å². The van der Waals surface area contributed by atoms with Crippen LogP contribution in [0.15, 0.2) is 65.2 Å². The maximum atomic E-state index is 14.3. The maximum Gasteiger partial charge on any atom is 0.337 e. The predicted molar refractivity (Wildman–Crippen MR) is 139 cm³/mol. The van der Waals surface area contributed by atoms with Gasteiger partial charge in [0.1, 0.15) is 28.4 Å². The molecule has 0 aliphatic carbocycles. The van der Waals surface area contributed by atoms with Gasteiger partial charge in [-0.05, 0) is 49.7 Å². The van der Waals surface area contributed by atoms with E-state index in [1.165, 1.54) is 24.2 Å². The first-order valence-electron chi connectivity index (χ1n) is 11.7. The summed E-state index contributed by atoms with van der Waals surface area (Å²) in [4.78, 5) is 25.9. The number of carboxylic acid groups (broad SMARTS) is 1. The highest BCUT2D eigenvalue weighted by molar-refractivity contribution is 6.13. The second kappa shape index (κ2) is 9.55. The normalized spacial score (nSPS) is 12.0. The van der Waals surface area contributed by atoms with E-state index in [1.54, 1.807) is 18.2 Å². The molecule has 0 spiro atoms. The summed E-state index contributed by atoms with van der Waals surface area (Å²) in [5, 5.41) is 21.7. The number of benzene rings is 3. The third-order valence-corrected chi connectivity index (χ3v) is 6.33. The predicted octanol–water partition coefficient (Wildman–Crippen LogP) is 6.11. The molecule has 10 heteroatoms. The molecular weight excluding hydrogens is 494 g/mol. The van der Waals surface area contributed by atoms with E-state index in [1.807, 2.05) is 26.0 Å². The van der Waals surface area contributed by atoms with Gasteiger partial charge in [-0.15, -0.1) is 5.10 Å². The molecule has 0 radical (unpaired) electrons. The number of aryl methyl sites for hydroxylation is 1. The second-order valence-corrected chi connectivity index (χ2v) is 8.95. The third kappa shape index (κ3) is 4.30. The average Bonchev–Trinajstić information content (AvgIpc) is 3.26. The summed E-state index contributed by atoms with van der Waals surface area (Å²) < 4.78 is 33.9. The number of hydrogen-bond acceptors (Lipinski definition) is 6. The molecule has 0 saturated carbocycles. The molecule has 8 nitrogen and oxygen atoms in total. The molecule has 5 rings (SSSR count). The van der Waals surface area contributed by atoms with Crippen LogP contribution in [0.2, 0.25) is 0 Å². The van der Waals surface area contributed by atoms with E-state index in [4.69, 9.17) is 4.42 Å². The molecule has 1 atom stereocenters. The van der Waals surface area contributed by atoms with E-state index < -0.39 is 23.5 Å². The zero-order valence-electron chi connectivity index (χ0n) is 20.6. The number of para-hydroxylation sites is 1. The number of carbonyl (C=O) groups excluding carboxylic acids is 1. The van der Waals surface area contributed by atoms with Crippen LogP contribution >= 0.6 is 0 Å². The van der Waals surface area contributed by atoms with Gasteiger partial charge in [-0.25, -0.2) is 13.6 Å². The quantitative estimate of drug-likeness (QED) is 0.280. The Labute approximate surface area is 215 Å². The van der Waals surface area contributed by atoms with Crippen molar-refractivity contribution in [1.29, 1.82) is 0 Å². The molecule has 3 aromatic carbocycles. The largest absolute Gasteiger partial charge is 0.478 e. The number of anilines is 2. The third-order valence-electron chi connectivity index (χ3n) is 6.33. The van der Waals surface area contributed by atoms with Gasteiger partial charge < -0.3 is 19.7 Å². The van der Waals surface area contributed by atoms with Gasteiger partial charge >= 0.3 is 5.97 Å². The molecule has 0 bridgehead atoms. The monoisotopic (exact) mass is 516 g/mol. The Kier molecular flexibility index (Phi) is 6.23. The van der Waals surface area contributed by atoms with E-state index >= 15 is 0 Å². The Balaban J connectivity index is 1.60. The van der Waals surface area contributed by atoms with Crippen molar-refractivity contribution < 1.29 is 27.9 Å². The number of aromatic carboxylic acids is 1. The summed E-state index contributed by atoms with van der Waals surface area (Å²) in [6.07, 6.45) is 1.33. The van der Waals surface area contributed by atoms with Crippen molar-refractivity contribution >= 4 is 45.3 Å². The Bertz CT molecular complexity index is 1730. The number of amides is 1. The fourth-order valence-electron chi connectivity index (χ4n) is 4.46. The zero-order valence-corrected chi connectivity index (χ0v) is 20.6. The van der Waals surface area contributed by atoms with E-state index in [9.17, 15) is 23.5 Å². The summed E-state index contributed by atoms with van der Waals surface area (Å²) >= 11 is 0. The number of nitrogens with zero attached hydrogens (tertiary/aromatic N) is 3. The molecule has 192 valence electrons. The number of fused-ring (bicyclic) bond motifs is 3. The Morgan fingerprint density at radius 3 is 2.55 bits per heavy atom. The highest BCUT2D eigenvalue weighted by atomic mass is 19.1. The summed E-state index contributed by atoms with van der Waals surface area (Å²) in [5.41, 5.74) is 3.32. The summed E-state index contributed by atoms with van der Waals surface area (Å²) in [6, 6.07) is 12.8. The van der Waals surface area contributed by atoms with Crippen molar-refractivity contribution in [1.82, 2.24) is 10.2 Å². The van der Waals surface area contributed by atoms with E-state index in [0.717, 1.165) is 23.3 Å². The van der Waals surface area contributed by atoms with Crippen molar-refractivity contribution in [2.24, 2.45) is 0 Å². The summed E-state index contributed by atoms with van der Waals surface area (Å²) in [6.45, 7) is 3.78. The Morgan fingerprint density at radius 1 is 1.05 bits per heavy atom. The fourth-order valence-corrected chi connectivity index (χ4v) is 4.46. The van der Waals surface area contributed by atoms with Gasteiger partial charge in [-0.1, -0.05) is 18.2 Å². The number of halogens is 2. The number of nitrogens with one attached hydrogen (secondary N) is 1. The molecule has 2 N–H and O–H groups in total. The number of aromatic nitrogens is 2. The van der Waals surface area contributed by atoms with Gasteiger partial charge in [0.05, 0.1) is 23.4 Å². The van der Waals surface area contributed by atoms with Crippen molar-refractivity contribution in [3.63, 3.8) is 0 Å². The van der Waals surface area contributed by atoms with Crippen LogP contribution < -0.4 is 10.2 Å². The lowest BCUT2D eigenvalue weighted by Crippen LogP contribution is -2.27. The first-order chi connectivity index (χ1) is 18.2. The maximum absolute atomic E-state index is 14.3. The highest BCUT2D eigenvalue weighted by Gasteiger charge is 2.25. The van der Waals surface area contributed by atoms with Crippen molar-refractivity contribution in [3.05, 3.63) is 94.7 Å². The molecule has 0 fully saturated rings. The first-order valence-corrected chi connectivity index (χ1v) is 11.7. The van der Waals surface area contributed by atoms with Gasteiger partial charge in [0.15, 0.2) is 5.58 Å². The minimum absolute atomic E-state index is 0.133. The first kappa shape index (κ1) is 24.8. The Hall–Kier alpha value is -4.86. The number of hydrogen-bond donors (Lipinski definition) is 2. The van der Waals surface area contributed by atoms with Crippen molar-refractivity contribution in [2.45, 2.75) is 19.9 Å². The van der Waals surface area contributed by atoms with Gasteiger partial charge in [0.25, 0.3) is 5.91 Å². The standard InChI is InChI=1S/C28H22F2N4O4/c1-14-10-19(15(2)32-22-7-5-4-6-18(22)28(36)37)25-20(11-14)24-26(38-25)23(13-31-33-24)34(3)27(35)17-9-8-16(29)12-21(17)30/h4-13,15,32H,1-3H3,(H,36,37). The van der Waals surface area contributed by atoms with E-state index in [0.29, 0.717) is 28.2 Å². The van der Waals surface area contributed by atoms with Gasteiger partial charge in [0, 0.05) is 29.8 Å². The molecular formula is C28H22F2N4O4. The second-order valence-electron chi connectivity index (χ2n) is 8.95. The van der Waals surface area contributed by atoms with Crippen LogP contribution in [0.4, 0.5) is 20.2 Å². The molecule has 38 heavy (non-hydrogen) atoms. The summed E-state index contributed by atoms with van der Waals surface area (Å²) in [7, 11) is 1.44. The van der Waals surface area contributed by atoms with Crippen LogP contribution in [0.3, 0.4) is 0 Å². The number of carbonyl (C=O) groups is 2. The molecule has 1 unspecified atom stereocenters. The molecule has 5 aromatic rings. The highest BCUT2D eigenvalue weighted by Crippen LogP contribution is 2.38. The summed E-state index contributed by atoms with van der Waals surface area (Å²) in [5.74, 6) is -3.54. The minimum Gasteiger partial charge on any atom is -0.478 e. The van der Waals surface area contributed by atoms with Crippen LogP contribution in [0.5, 0.6) is 0 Å². The van der Waals surface area contributed by atoms with E-state index in [2.05, 4.69) is 15.5 Å². The van der Waals surface area contributed by atoms with Crippen LogP contribution in [-0.4, -0.2) is 34.2 Å². The lowest BCUT2D eigenvalue weighted by atomic mass is 10.0. The zero-order chi connectivity index (χ0) is 27.1. The minimum atomic E-state index is -1.05. The van der Waals surface area contributed by atoms with Crippen LogP contribution in [0, 0.1) is 18.6 Å². The number of rotatable bonds is 6. The average molecular weight is 517 g/mol. The molecule has 2 heterocycles. The number of furan rings is 1. The van der Waals surface area contributed by atoms with Crippen LogP contribution in [-0.2, 0) is 0 Å². The fraction of sp³-hybridized carbons (Fsp3) is 0.143. The smallest absolute Gasteiger partial charge is 0.337 e. The SMILES string of the molecule is Cc1cc(C(C)Nc2ccccc2C(=O)O)c2oc3c(N(C)C(=O)c4ccc(F)cc4F)cnnc3c2c1. The Morgan fingerprint density at radius 2 is 1.82 bits per heavy atom. The van der Waals surface area contributed by atoms with Crippen molar-refractivity contribution in [2.75, 3.05) is 17.3 Å². The van der Waals surface area contributed by atoms with Crippen molar-refractivity contribution in [3.8, 4) is 0 Å². The topological polar surface area (TPSA) is 109 Å². The molecule has 0 aliphatic rings. The lowest BCUT2D eigenvalue weighted by molar-refractivity contribution is 0.0697. The van der Waals surface area contributed by atoms with Gasteiger partial charge in [0.2, 0.25) is 0 Å². The van der Waals surface area contributed by atoms with Crippen LogP contribution in [0.25, 0.3) is 22.1 Å². The molecule has 2 aromatic heterocycles. The lowest BCUT2D eigenvalue weighted by Gasteiger charge is -2.18.